The van der Waals surface area contributed by atoms with E-state index in [9.17, 15) is 0 Å². The average molecular weight is 267 g/mol. The molecule has 0 spiro atoms. The van der Waals surface area contributed by atoms with Crippen molar-refractivity contribution >= 4 is 0 Å². The van der Waals surface area contributed by atoms with Crippen LogP contribution in [0.25, 0.3) is 0 Å². The van der Waals surface area contributed by atoms with Crippen LogP contribution in [0.1, 0.15) is 55.3 Å². The molecular formula is C19H25N. The van der Waals surface area contributed by atoms with Crippen LogP contribution in [0.15, 0.2) is 54.6 Å². The minimum Gasteiger partial charge on any atom is -0.324 e. The van der Waals surface area contributed by atoms with Gasteiger partial charge in [0, 0.05) is 6.04 Å². The first kappa shape index (κ1) is 14.8. The molecule has 0 saturated heterocycles. The summed E-state index contributed by atoms with van der Waals surface area (Å²) in [5, 5.41) is 0. The Morgan fingerprint density at radius 1 is 0.900 bits per heavy atom. The lowest BCUT2D eigenvalue weighted by molar-refractivity contribution is 0.650. The molecule has 0 radical (unpaired) electrons. The number of rotatable bonds is 6. The lowest BCUT2D eigenvalue weighted by Gasteiger charge is -2.14. The summed E-state index contributed by atoms with van der Waals surface area (Å²) in [6, 6.07) is 19.5. The molecule has 106 valence electrons. The zero-order chi connectivity index (χ0) is 14.4. The molecule has 2 N–H and O–H groups in total. The molecule has 1 nitrogen and oxygen atoms in total. The van der Waals surface area contributed by atoms with Crippen molar-refractivity contribution < 1.29 is 0 Å². The fourth-order valence-corrected chi connectivity index (χ4v) is 2.44. The first-order valence-electron chi connectivity index (χ1n) is 7.60. The summed E-state index contributed by atoms with van der Waals surface area (Å²) in [5.74, 6) is 0.629. The second-order valence-corrected chi connectivity index (χ2v) is 5.61. The molecule has 0 aliphatic rings. The summed E-state index contributed by atoms with van der Waals surface area (Å²) in [6.07, 6.45) is 3.21. The van der Waals surface area contributed by atoms with Crippen LogP contribution < -0.4 is 5.73 Å². The molecule has 2 rings (SSSR count). The number of nitrogens with two attached hydrogens (primary N) is 1. The van der Waals surface area contributed by atoms with Crippen molar-refractivity contribution in [3.8, 4) is 0 Å². The van der Waals surface area contributed by atoms with Gasteiger partial charge in [-0.25, -0.2) is 0 Å². The van der Waals surface area contributed by atoms with E-state index < -0.39 is 0 Å². The van der Waals surface area contributed by atoms with Gasteiger partial charge in [0.15, 0.2) is 0 Å². The van der Waals surface area contributed by atoms with Gasteiger partial charge in [-0.05, 0) is 41.9 Å². The zero-order valence-electron chi connectivity index (χ0n) is 12.5. The number of hydrogen-bond acceptors (Lipinski definition) is 1. The number of aryl methyl sites for hydroxylation is 1. The van der Waals surface area contributed by atoms with E-state index in [1.165, 1.54) is 23.1 Å². The SMILES string of the molecule is CCC(C)c1ccc(C(N)CCc2ccccc2)cc1. The molecule has 0 heterocycles. The van der Waals surface area contributed by atoms with Gasteiger partial charge < -0.3 is 5.73 Å². The third-order valence-corrected chi connectivity index (χ3v) is 4.13. The minimum atomic E-state index is 0.126. The molecule has 2 aromatic rings. The van der Waals surface area contributed by atoms with Crippen LogP contribution in [0.3, 0.4) is 0 Å². The van der Waals surface area contributed by atoms with Crippen molar-refractivity contribution in [3.63, 3.8) is 0 Å². The molecule has 2 atom stereocenters. The second kappa shape index (κ2) is 7.25. The monoisotopic (exact) mass is 267 g/mol. The molecule has 0 aliphatic heterocycles. The molecule has 0 bridgehead atoms. The average Bonchev–Trinajstić information content (AvgIpc) is 2.53. The van der Waals surface area contributed by atoms with Crippen molar-refractivity contribution in [3.05, 3.63) is 71.3 Å². The van der Waals surface area contributed by atoms with E-state index in [1.807, 2.05) is 0 Å². The minimum absolute atomic E-state index is 0.126. The van der Waals surface area contributed by atoms with Crippen LogP contribution in [-0.4, -0.2) is 0 Å². The molecule has 0 aliphatic carbocycles. The maximum Gasteiger partial charge on any atom is 0.0298 e. The second-order valence-electron chi connectivity index (χ2n) is 5.61. The fourth-order valence-electron chi connectivity index (χ4n) is 2.44. The Morgan fingerprint density at radius 3 is 2.10 bits per heavy atom. The summed E-state index contributed by atoms with van der Waals surface area (Å²) >= 11 is 0. The highest BCUT2D eigenvalue weighted by Crippen LogP contribution is 2.22. The van der Waals surface area contributed by atoms with Gasteiger partial charge in [-0.2, -0.15) is 0 Å². The van der Waals surface area contributed by atoms with E-state index in [4.69, 9.17) is 5.73 Å². The van der Waals surface area contributed by atoms with Crippen molar-refractivity contribution in [1.82, 2.24) is 0 Å². The Hall–Kier alpha value is -1.60. The van der Waals surface area contributed by atoms with Crippen molar-refractivity contribution in [1.29, 1.82) is 0 Å². The van der Waals surface area contributed by atoms with Gasteiger partial charge in [-0.15, -0.1) is 0 Å². The summed E-state index contributed by atoms with van der Waals surface area (Å²) < 4.78 is 0. The smallest absolute Gasteiger partial charge is 0.0298 e. The first-order chi connectivity index (χ1) is 9.70. The van der Waals surface area contributed by atoms with Crippen LogP contribution in [0.2, 0.25) is 0 Å². The predicted molar refractivity (Wildman–Crippen MR) is 86.8 cm³/mol. The van der Waals surface area contributed by atoms with Gasteiger partial charge in [0.25, 0.3) is 0 Å². The Bertz CT molecular complexity index is 501. The standard InChI is InChI=1S/C19H25N/c1-3-15(2)17-10-12-18(13-11-17)19(20)14-9-16-7-5-4-6-8-16/h4-8,10-13,15,19H,3,9,14,20H2,1-2H3. The number of benzene rings is 2. The Labute approximate surface area is 122 Å². The normalized spacial score (nSPS) is 13.9. The fraction of sp³-hybridized carbons (Fsp3) is 0.368. The number of hydrogen-bond donors (Lipinski definition) is 1. The molecule has 0 amide bonds. The maximum atomic E-state index is 6.30. The van der Waals surface area contributed by atoms with Gasteiger partial charge in [-0.3, -0.25) is 0 Å². The van der Waals surface area contributed by atoms with E-state index in [0.29, 0.717) is 5.92 Å². The molecule has 1 heteroatoms. The molecule has 0 saturated carbocycles. The highest BCUT2D eigenvalue weighted by molar-refractivity contribution is 5.27. The van der Waals surface area contributed by atoms with Gasteiger partial charge in [0.2, 0.25) is 0 Å². The van der Waals surface area contributed by atoms with E-state index in [1.54, 1.807) is 0 Å². The largest absolute Gasteiger partial charge is 0.324 e. The quantitative estimate of drug-likeness (QED) is 0.796. The molecular weight excluding hydrogens is 242 g/mol. The molecule has 0 aromatic heterocycles. The van der Waals surface area contributed by atoms with Crippen molar-refractivity contribution in [2.45, 2.75) is 45.1 Å². The third kappa shape index (κ3) is 3.94. The van der Waals surface area contributed by atoms with Crippen LogP contribution in [0.5, 0.6) is 0 Å². The van der Waals surface area contributed by atoms with Crippen LogP contribution >= 0.6 is 0 Å². The predicted octanol–water partition coefficient (Wildman–Crippen LogP) is 4.83. The topological polar surface area (TPSA) is 26.0 Å². The third-order valence-electron chi connectivity index (χ3n) is 4.13. The highest BCUT2D eigenvalue weighted by Gasteiger charge is 2.08. The Morgan fingerprint density at radius 2 is 1.50 bits per heavy atom. The van der Waals surface area contributed by atoms with E-state index in [2.05, 4.69) is 68.4 Å². The van der Waals surface area contributed by atoms with Crippen LogP contribution in [0, 0.1) is 0 Å². The first-order valence-corrected chi connectivity index (χ1v) is 7.60. The lowest BCUT2D eigenvalue weighted by atomic mass is 9.94. The van der Waals surface area contributed by atoms with Gasteiger partial charge in [0.05, 0.1) is 0 Å². The molecule has 2 unspecified atom stereocenters. The maximum absolute atomic E-state index is 6.30. The summed E-state index contributed by atoms with van der Waals surface area (Å²) in [6.45, 7) is 4.49. The zero-order valence-corrected chi connectivity index (χ0v) is 12.5. The van der Waals surface area contributed by atoms with Gasteiger partial charge >= 0.3 is 0 Å². The van der Waals surface area contributed by atoms with Crippen molar-refractivity contribution in [2.75, 3.05) is 0 Å². The van der Waals surface area contributed by atoms with Crippen molar-refractivity contribution in [2.24, 2.45) is 5.73 Å². The molecule has 0 fully saturated rings. The lowest BCUT2D eigenvalue weighted by Crippen LogP contribution is -2.11. The van der Waals surface area contributed by atoms with E-state index in [-0.39, 0.29) is 6.04 Å². The highest BCUT2D eigenvalue weighted by atomic mass is 14.6. The summed E-state index contributed by atoms with van der Waals surface area (Å²) in [4.78, 5) is 0. The molecule has 2 aromatic carbocycles. The Balaban J connectivity index is 1.94. The molecule has 20 heavy (non-hydrogen) atoms. The van der Waals surface area contributed by atoms with Gasteiger partial charge in [-0.1, -0.05) is 68.4 Å². The Kier molecular flexibility index (Phi) is 5.37. The van der Waals surface area contributed by atoms with Crippen LogP contribution in [-0.2, 0) is 6.42 Å². The summed E-state index contributed by atoms with van der Waals surface area (Å²) in [5.41, 5.74) is 10.3. The van der Waals surface area contributed by atoms with Gasteiger partial charge in [0.1, 0.15) is 0 Å². The van der Waals surface area contributed by atoms with E-state index >= 15 is 0 Å². The van der Waals surface area contributed by atoms with Crippen LogP contribution in [0.4, 0.5) is 0 Å². The summed E-state index contributed by atoms with van der Waals surface area (Å²) in [7, 11) is 0. The van der Waals surface area contributed by atoms with E-state index in [0.717, 1.165) is 12.8 Å².